The van der Waals surface area contributed by atoms with Crippen molar-refractivity contribution in [2.75, 3.05) is 6.54 Å². The molecule has 0 saturated heterocycles. The van der Waals surface area contributed by atoms with Crippen LogP contribution in [0.4, 0.5) is 0 Å². The number of rotatable bonds is 3. The normalized spacial score (nSPS) is 8.31. The SMILES string of the molecule is [N-]=NNCCC#Cc1ccccc1. The van der Waals surface area contributed by atoms with Crippen molar-refractivity contribution in [2.24, 2.45) is 5.22 Å². The Labute approximate surface area is 77.6 Å². The first-order chi connectivity index (χ1) is 6.43. The fraction of sp³-hybridized carbons (Fsp3) is 0.200. The van der Waals surface area contributed by atoms with E-state index in [-0.39, 0.29) is 0 Å². The minimum absolute atomic E-state index is 0.566. The molecule has 0 spiro atoms. The molecular weight excluding hydrogens is 162 g/mol. The van der Waals surface area contributed by atoms with E-state index in [4.69, 9.17) is 5.53 Å². The molecule has 0 aliphatic rings. The van der Waals surface area contributed by atoms with Crippen LogP contribution in [0.5, 0.6) is 0 Å². The van der Waals surface area contributed by atoms with E-state index >= 15 is 0 Å². The van der Waals surface area contributed by atoms with E-state index in [1.165, 1.54) is 0 Å². The Morgan fingerprint density at radius 3 is 2.77 bits per heavy atom. The van der Waals surface area contributed by atoms with Crippen molar-refractivity contribution < 1.29 is 0 Å². The fourth-order valence-corrected chi connectivity index (χ4v) is 0.854. The van der Waals surface area contributed by atoms with Crippen molar-refractivity contribution in [2.45, 2.75) is 6.42 Å². The molecule has 0 atom stereocenters. The Balaban J connectivity index is 2.35. The molecule has 1 rings (SSSR count). The van der Waals surface area contributed by atoms with E-state index in [2.05, 4.69) is 22.5 Å². The summed E-state index contributed by atoms with van der Waals surface area (Å²) in [7, 11) is 0. The molecule has 0 aromatic heterocycles. The zero-order valence-electron chi connectivity index (χ0n) is 7.20. The third kappa shape index (κ3) is 3.92. The third-order valence-corrected chi connectivity index (χ3v) is 1.44. The number of hydrogen-bond donors (Lipinski definition) is 1. The number of nitrogens with zero attached hydrogens (tertiary/aromatic N) is 2. The molecule has 0 aliphatic carbocycles. The standard InChI is InChI=1S/C10H10N3/c11-13-12-9-5-4-8-10-6-2-1-3-7-10/h1-3,6-7H,5,9H2,(H-,11,12)/q-1. The first-order valence-corrected chi connectivity index (χ1v) is 4.04. The summed E-state index contributed by atoms with van der Waals surface area (Å²) in [6.45, 7) is 0.566. The maximum absolute atomic E-state index is 8.05. The molecule has 1 aromatic rings. The number of nitrogens with one attached hydrogen (secondary N) is 1. The Morgan fingerprint density at radius 1 is 1.31 bits per heavy atom. The first kappa shape index (κ1) is 9.27. The molecule has 0 saturated carbocycles. The van der Waals surface area contributed by atoms with Crippen LogP contribution in [0.2, 0.25) is 0 Å². The predicted molar refractivity (Wildman–Crippen MR) is 51.7 cm³/mol. The van der Waals surface area contributed by atoms with Crippen molar-refractivity contribution in [1.82, 2.24) is 5.43 Å². The molecule has 0 fully saturated rings. The van der Waals surface area contributed by atoms with E-state index < -0.39 is 0 Å². The summed E-state index contributed by atoms with van der Waals surface area (Å²) in [6, 6.07) is 9.77. The van der Waals surface area contributed by atoms with Gasteiger partial charge in [-0.2, -0.15) is 0 Å². The van der Waals surface area contributed by atoms with Gasteiger partial charge in [0.05, 0.1) is 0 Å². The first-order valence-electron chi connectivity index (χ1n) is 4.04. The van der Waals surface area contributed by atoms with E-state index in [0.29, 0.717) is 13.0 Å². The molecule has 3 nitrogen and oxygen atoms in total. The van der Waals surface area contributed by atoms with E-state index in [9.17, 15) is 0 Å². The molecule has 0 radical (unpaired) electrons. The van der Waals surface area contributed by atoms with Gasteiger partial charge in [-0.05, 0) is 18.7 Å². The summed E-state index contributed by atoms with van der Waals surface area (Å²) in [5.74, 6) is 5.94. The van der Waals surface area contributed by atoms with Crippen LogP contribution in [0.25, 0.3) is 5.53 Å². The van der Waals surface area contributed by atoms with Gasteiger partial charge in [0.25, 0.3) is 0 Å². The van der Waals surface area contributed by atoms with Gasteiger partial charge in [-0.3, -0.25) is 5.22 Å². The highest BCUT2D eigenvalue weighted by Crippen LogP contribution is 1.94. The van der Waals surface area contributed by atoms with Crippen LogP contribution in [-0.4, -0.2) is 6.54 Å². The largest absolute Gasteiger partial charge is 0.413 e. The predicted octanol–water partition coefficient (Wildman–Crippen LogP) is 1.95. The molecule has 0 amide bonds. The van der Waals surface area contributed by atoms with Gasteiger partial charge in [0, 0.05) is 12.0 Å². The summed E-state index contributed by atoms with van der Waals surface area (Å²) in [6.07, 6.45) is 0.666. The Hall–Kier alpha value is -1.82. The van der Waals surface area contributed by atoms with Crippen molar-refractivity contribution in [3.05, 3.63) is 41.4 Å². The Kier molecular flexibility index (Phi) is 4.12. The molecule has 1 N–H and O–H groups in total. The summed E-state index contributed by atoms with van der Waals surface area (Å²) in [4.78, 5) is 0. The highest BCUT2D eigenvalue weighted by molar-refractivity contribution is 5.33. The topological polar surface area (TPSA) is 46.7 Å². The minimum atomic E-state index is 0.566. The molecule has 0 aliphatic heterocycles. The number of hydrogen-bond acceptors (Lipinski definition) is 1. The lowest BCUT2D eigenvalue weighted by Gasteiger charge is -1.97. The van der Waals surface area contributed by atoms with Crippen LogP contribution in [0.15, 0.2) is 35.6 Å². The third-order valence-electron chi connectivity index (χ3n) is 1.44. The van der Waals surface area contributed by atoms with Crippen molar-refractivity contribution in [3.63, 3.8) is 0 Å². The van der Waals surface area contributed by atoms with Gasteiger partial charge in [0.2, 0.25) is 0 Å². The Morgan fingerprint density at radius 2 is 2.08 bits per heavy atom. The summed E-state index contributed by atoms with van der Waals surface area (Å²) < 4.78 is 0. The maximum Gasteiger partial charge on any atom is 0.0245 e. The lowest BCUT2D eigenvalue weighted by Crippen LogP contribution is -2.03. The lowest BCUT2D eigenvalue weighted by atomic mass is 10.2. The van der Waals surface area contributed by atoms with Crippen LogP contribution in [-0.2, 0) is 0 Å². The van der Waals surface area contributed by atoms with Crippen molar-refractivity contribution >= 4 is 0 Å². The van der Waals surface area contributed by atoms with E-state index in [1.54, 1.807) is 0 Å². The Bertz CT molecular complexity index is 308. The molecule has 0 bridgehead atoms. The van der Waals surface area contributed by atoms with Gasteiger partial charge in [0.1, 0.15) is 0 Å². The average Bonchev–Trinajstić information content (AvgIpc) is 2.19. The van der Waals surface area contributed by atoms with Crippen LogP contribution in [0.3, 0.4) is 0 Å². The second kappa shape index (κ2) is 5.78. The molecule has 3 heteroatoms. The van der Waals surface area contributed by atoms with E-state index in [1.807, 2.05) is 30.3 Å². The quantitative estimate of drug-likeness (QED) is 0.322. The second-order valence-corrected chi connectivity index (χ2v) is 2.43. The fourth-order valence-electron chi connectivity index (χ4n) is 0.854. The van der Waals surface area contributed by atoms with Gasteiger partial charge >= 0.3 is 0 Å². The molecule has 0 unspecified atom stereocenters. The smallest absolute Gasteiger partial charge is 0.0245 e. The summed E-state index contributed by atoms with van der Waals surface area (Å²) in [5, 5.41) is 2.76. The molecule has 13 heavy (non-hydrogen) atoms. The van der Waals surface area contributed by atoms with Gasteiger partial charge in [0.15, 0.2) is 0 Å². The van der Waals surface area contributed by atoms with Gasteiger partial charge < -0.3 is 11.0 Å². The monoisotopic (exact) mass is 172 g/mol. The average molecular weight is 172 g/mol. The maximum atomic E-state index is 8.05. The molecule has 1 aromatic carbocycles. The lowest BCUT2D eigenvalue weighted by molar-refractivity contribution is 0.743. The number of benzene rings is 1. The summed E-state index contributed by atoms with van der Waals surface area (Å²) in [5.41, 5.74) is 11.5. The van der Waals surface area contributed by atoms with Gasteiger partial charge in [-0.25, -0.2) is 0 Å². The van der Waals surface area contributed by atoms with Crippen molar-refractivity contribution in [1.29, 1.82) is 0 Å². The van der Waals surface area contributed by atoms with Gasteiger partial charge in [-0.1, -0.05) is 30.0 Å². The molecule has 0 heterocycles. The van der Waals surface area contributed by atoms with Gasteiger partial charge in [-0.15, -0.1) is 0 Å². The zero-order chi connectivity index (χ0) is 9.36. The van der Waals surface area contributed by atoms with Crippen LogP contribution >= 0.6 is 0 Å². The van der Waals surface area contributed by atoms with Crippen molar-refractivity contribution in [3.8, 4) is 11.8 Å². The van der Waals surface area contributed by atoms with Crippen LogP contribution < -0.4 is 5.43 Å². The zero-order valence-corrected chi connectivity index (χ0v) is 7.20. The molecular formula is C10H10N3-. The summed E-state index contributed by atoms with van der Waals surface area (Å²) >= 11 is 0. The van der Waals surface area contributed by atoms with E-state index in [0.717, 1.165) is 5.56 Å². The highest BCUT2D eigenvalue weighted by atomic mass is 15.4. The second-order valence-electron chi connectivity index (χ2n) is 2.43. The van der Waals surface area contributed by atoms with Crippen LogP contribution in [0, 0.1) is 11.8 Å². The molecule has 66 valence electrons. The minimum Gasteiger partial charge on any atom is -0.413 e. The highest BCUT2D eigenvalue weighted by Gasteiger charge is 1.79. The van der Waals surface area contributed by atoms with Crippen LogP contribution in [0.1, 0.15) is 12.0 Å².